The molecule has 0 atom stereocenters. The van der Waals surface area contributed by atoms with Gasteiger partial charge in [-0.2, -0.15) is 0 Å². The fourth-order valence-corrected chi connectivity index (χ4v) is 6.06. The van der Waals surface area contributed by atoms with Crippen LogP contribution in [-0.2, 0) is 26.0 Å². The average molecular weight is 489 g/mol. The summed E-state index contributed by atoms with van der Waals surface area (Å²) in [5.41, 5.74) is 1.60. The van der Waals surface area contributed by atoms with E-state index in [1.807, 2.05) is 39.8 Å². The highest BCUT2D eigenvalue weighted by Crippen LogP contribution is 2.35. The number of benzene rings is 2. The number of carbonyl (C=O) groups excluding carboxylic acids is 2. The zero-order valence-corrected chi connectivity index (χ0v) is 21.1. The second kappa shape index (κ2) is 10.5. The Bertz CT molecular complexity index is 1150. The Morgan fingerprint density at radius 1 is 1.06 bits per heavy atom. The number of para-hydroxylation sites is 1. The first-order chi connectivity index (χ1) is 16.1. The van der Waals surface area contributed by atoms with Crippen LogP contribution in [0.15, 0.2) is 47.4 Å². The van der Waals surface area contributed by atoms with E-state index in [4.69, 9.17) is 9.47 Å². The average Bonchev–Trinajstić information content (AvgIpc) is 2.81. The van der Waals surface area contributed by atoms with Crippen molar-refractivity contribution < 1.29 is 27.5 Å². The van der Waals surface area contributed by atoms with Gasteiger partial charge in [0.05, 0.1) is 18.4 Å². The van der Waals surface area contributed by atoms with E-state index >= 15 is 0 Å². The molecule has 1 heterocycles. The van der Waals surface area contributed by atoms with Crippen LogP contribution >= 0.6 is 0 Å². The highest BCUT2D eigenvalue weighted by molar-refractivity contribution is 7.93. The van der Waals surface area contributed by atoms with Crippen LogP contribution in [0.5, 0.6) is 5.75 Å². The fraction of sp³-hybridized carbons (Fsp3) is 0.440. The van der Waals surface area contributed by atoms with Crippen LogP contribution in [0.1, 0.15) is 50.0 Å². The molecule has 0 aliphatic carbocycles. The zero-order chi connectivity index (χ0) is 25.0. The molecule has 0 N–H and O–H groups in total. The van der Waals surface area contributed by atoms with Gasteiger partial charge in [-0.05, 0) is 70.4 Å². The number of carbonyl (C=O) groups is 2. The van der Waals surface area contributed by atoms with Crippen LogP contribution < -0.4 is 9.04 Å². The topological polar surface area (TPSA) is 93.2 Å². The molecular weight excluding hydrogens is 456 g/mol. The Balaban J connectivity index is 1.88. The Kier molecular flexibility index (Phi) is 7.86. The molecule has 0 spiro atoms. The molecule has 2 aromatic carbocycles. The summed E-state index contributed by atoms with van der Waals surface area (Å²) in [5.74, 6) is -0.968. The van der Waals surface area contributed by atoms with Gasteiger partial charge in [-0.3, -0.25) is 9.10 Å². The molecule has 0 aromatic heterocycles. The van der Waals surface area contributed by atoms with Crippen molar-refractivity contribution in [3.05, 3.63) is 53.6 Å². The lowest BCUT2D eigenvalue weighted by molar-refractivity contribution is -0.138. The van der Waals surface area contributed by atoms with Crippen LogP contribution in [-0.4, -0.2) is 57.5 Å². The van der Waals surface area contributed by atoms with E-state index < -0.39 is 22.6 Å². The number of aryl methyl sites for hydroxylation is 1. The summed E-state index contributed by atoms with van der Waals surface area (Å²) in [4.78, 5) is 26.8. The van der Waals surface area contributed by atoms with E-state index in [2.05, 4.69) is 0 Å². The molecule has 1 aliphatic heterocycles. The van der Waals surface area contributed by atoms with E-state index in [0.29, 0.717) is 18.7 Å². The molecule has 0 unspecified atom stereocenters. The van der Waals surface area contributed by atoms with Gasteiger partial charge in [0, 0.05) is 18.6 Å². The van der Waals surface area contributed by atoms with E-state index in [-0.39, 0.29) is 34.2 Å². The molecule has 2 aromatic rings. The van der Waals surface area contributed by atoms with Crippen molar-refractivity contribution in [3.63, 3.8) is 0 Å². The van der Waals surface area contributed by atoms with E-state index in [0.717, 1.165) is 12.0 Å². The molecule has 0 saturated heterocycles. The maximum atomic E-state index is 13.6. The summed E-state index contributed by atoms with van der Waals surface area (Å²) < 4.78 is 39.2. The lowest BCUT2D eigenvalue weighted by Crippen LogP contribution is -2.44. The highest BCUT2D eigenvalue weighted by Gasteiger charge is 2.32. The zero-order valence-electron chi connectivity index (χ0n) is 20.3. The van der Waals surface area contributed by atoms with Gasteiger partial charge < -0.3 is 14.4 Å². The molecule has 3 rings (SSSR count). The molecule has 1 aliphatic rings. The number of amides is 1. The van der Waals surface area contributed by atoms with E-state index in [9.17, 15) is 18.0 Å². The van der Waals surface area contributed by atoms with Gasteiger partial charge >= 0.3 is 5.97 Å². The first-order valence-corrected chi connectivity index (χ1v) is 12.8. The second-order valence-corrected chi connectivity index (χ2v) is 10.6. The van der Waals surface area contributed by atoms with Gasteiger partial charge in [-0.1, -0.05) is 18.2 Å². The first kappa shape index (κ1) is 25.6. The summed E-state index contributed by atoms with van der Waals surface area (Å²) in [6.07, 6.45) is 1.48. The number of nitrogens with zero attached hydrogens (tertiary/aromatic N) is 2. The van der Waals surface area contributed by atoms with Crippen LogP contribution in [0.3, 0.4) is 0 Å². The number of ether oxygens (including phenoxy) is 2. The summed E-state index contributed by atoms with van der Waals surface area (Å²) in [6, 6.07) is 11.4. The maximum absolute atomic E-state index is 13.6. The quantitative estimate of drug-likeness (QED) is 0.527. The first-order valence-electron chi connectivity index (χ1n) is 11.3. The Morgan fingerprint density at radius 2 is 1.74 bits per heavy atom. The number of hydrogen-bond acceptors (Lipinski definition) is 6. The van der Waals surface area contributed by atoms with Crippen molar-refractivity contribution in [1.29, 1.82) is 0 Å². The summed E-state index contributed by atoms with van der Waals surface area (Å²) in [6.45, 7) is 7.45. The van der Waals surface area contributed by atoms with Crippen molar-refractivity contribution in [2.45, 2.75) is 57.5 Å². The number of anilines is 1. The van der Waals surface area contributed by atoms with Crippen LogP contribution in [0.4, 0.5) is 5.69 Å². The van der Waals surface area contributed by atoms with Gasteiger partial charge in [-0.25, -0.2) is 13.2 Å². The standard InChI is InChI=1S/C25H32N2O6S/c1-17(2)27(18(3)4)24(28)16-33-25(29)20-12-13-22(32-5)23(15-20)34(30,31)26-14-8-10-19-9-6-7-11-21(19)26/h6-7,9,11-13,15,17-18H,8,10,14,16H2,1-5H3. The molecular formula is C25H32N2O6S. The predicted octanol–water partition coefficient (Wildman–Crippen LogP) is 3.64. The summed E-state index contributed by atoms with van der Waals surface area (Å²) in [5, 5.41) is 0. The molecule has 0 bridgehead atoms. The van der Waals surface area contributed by atoms with Gasteiger partial charge in [-0.15, -0.1) is 0 Å². The highest BCUT2D eigenvalue weighted by atomic mass is 32.2. The van der Waals surface area contributed by atoms with Crippen LogP contribution in [0.2, 0.25) is 0 Å². The molecule has 9 heteroatoms. The molecule has 0 saturated carbocycles. The third-order valence-corrected chi connectivity index (χ3v) is 7.60. The molecule has 0 fully saturated rings. The van der Waals surface area contributed by atoms with Crippen LogP contribution in [0.25, 0.3) is 0 Å². The van der Waals surface area contributed by atoms with Gasteiger partial charge in [0.25, 0.3) is 15.9 Å². The molecule has 184 valence electrons. The van der Waals surface area contributed by atoms with Crippen LogP contribution in [0, 0.1) is 0 Å². The number of fused-ring (bicyclic) bond motifs is 1. The lowest BCUT2D eigenvalue weighted by Gasteiger charge is -2.31. The van der Waals surface area contributed by atoms with Crippen molar-refractivity contribution in [1.82, 2.24) is 4.90 Å². The number of hydrogen-bond donors (Lipinski definition) is 0. The van der Waals surface area contributed by atoms with Crippen molar-refractivity contribution in [3.8, 4) is 5.75 Å². The number of esters is 1. The third kappa shape index (κ3) is 5.19. The normalized spacial score (nSPS) is 13.6. The fourth-order valence-electron chi connectivity index (χ4n) is 4.33. The minimum Gasteiger partial charge on any atom is -0.495 e. The van der Waals surface area contributed by atoms with Crippen molar-refractivity contribution in [2.24, 2.45) is 0 Å². The summed E-state index contributed by atoms with van der Waals surface area (Å²) >= 11 is 0. The van der Waals surface area contributed by atoms with E-state index in [1.165, 1.54) is 29.6 Å². The number of methoxy groups -OCH3 is 1. The number of sulfonamides is 1. The molecule has 8 nitrogen and oxygen atoms in total. The second-order valence-electron chi connectivity index (χ2n) is 8.74. The maximum Gasteiger partial charge on any atom is 0.338 e. The monoisotopic (exact) mass is 488 g/mol. The van der Waals surface area contributed by atoms with Gasteiger partial charge in [0.1, 0.15) is 10.6 Å². The molecule has 0 radical (unpaired) electrons. The summed E-state index contributed by atoms with van der Waals surface area (Å²) in [7, 11) is -2.64. The van der Waals surface area contributed by atoms with Gasteiger partial charge in [0.15, 0.2) is 6.61 Å². The Labute approximate surface area is 201 Å². The van der Waals surface area contributed by atoms with Crippen molar-refractivity contribution >= 4 is 27.6 Å². The Morgan fingerprint density at radius 3 is 2.38 bits per heavy atom. The molecule has 34 heavy (non-hydrogen) atoms. The SMILES string of the molecule is COc1ccc(C(=O)OCC(=O)N(C(C)C)C(C)C)cc1S(=O)(=O)N1CCCc2ccccc21. The Hall–Kier alpha value is -3.07. The van der Waals surface area contributed by atoms with E-state index in [1.54, 1.807) is 17.0 Å². The molecule has 1 amide bonds. The van der Waals surface area contributed by atoms with Gasteiger partial charge in [0.2, 0.25) is 0 Å². The predicted molar refractivity (Wildman–Crippen MR) is 130 cm³/mol. The third-order valence-electron chi connectivity index (χ3n) is 5.76. The number of rotatable bonds is 8. The largest absolute Gasteiger partial charge is 0.495 e. The minimum atomic E-state index is -4.02. The smallest absolute Gasteiger partial charge is 0.338 e. The minimum absolute atomic E-state index is 0.0260. The van der Waals surface area contributed by atoms with Crippen molar-refractivity contribution in [2.75, 3.05) is 24.6 Å². The lowest BCUT2D eigenvalue weighted by atomic mass is 10.0.